The van der Waals surface area contributed by atoms with Gasteiger partial charge in [-0.25, -0.2) is 13.0 Å². The average molecular weight is 398 g/mol. The minimum atomic E-state index is -6.09. The third-order valence-electron chi connectivity index (χ3n) is 3.77. The van der Waals surface area contributed by atoms with Gasteiger partial charge in [-0.05, 0) is 29.8 Å². The van der Waals surface area contributed by atoms with Gasteiger partial charge >= 0.3 is 5.51 Å². The van der Waals surface area contributed by atoms with Crippen molar-refractivity contribution in [2.75, 3.05) is 0 Å². The summed E-state index contributed by atoms with van der Waals surface area (Å²) in [6, 6.07) is 14.8. The van der Waals surface area contributed by atoms with Crippen LogP contribution >= 0.6 is 0 Å². The van der Waals surface area contributed by atoms with Crippen LogP contribution in [0.25, 0.3) is 23.1 Å². The Bertz CT molecular complexity index is 1070. The van der Waals surface area contributed by atoms with Gasteiger partial charge in [-0.2, -0.15) is 13.2 Å². The molecule has 0 saturated heterocycles. The molecule has 0 atom stereocenters. The highest BCUT2D eigenvalue weighted by Crippen LogP contribution is 2.20. The zero-order chi connectivity index (χ0) is 20.2. The Labute approximate surface area is 154 Å². The minimum absolute atomic E-state index is 1.21. The molecule has 2 heterocycles. The molecule has 2 aromatic heterocycles. The number of para-hydroxylation sites is 1. The second-order valence-electron chi connectivity index (χ2n) is 5.68. The Kier molecular flexibility index (Phi) is 6.07. The van der Waals surface area contributed by atoms with Crippen molar-refractivity contribution >= 4 is 33.2 Å². The van der Waals surface area contributed by atoms with Gasteiger partial charge in [0.25, 0.3) is 0 Å². The van der Waals surface area contributed by atoms with E-state index in [4.69, 9.17) is 13.0 Å². The van der Waals surface area contributed by atoms with E-state index in [1.807, 2.05) is 0 Å². The van der Waals surface area contributed by atoms with Crippen LogP contribution < -0.4 is 4.57 Å². The number of aromatic nitrogens is 2. The number of fused-ring (bicyclic) bond motifs is 1. The van der Waals surface area contributed by atoms with Gasteiger partial charge in [0.1, 0.15) is 7.05 Å². The largest absolute Gasteiger partial charge is 0.741 e. The molecule has 0 amide bonds. The first-order valence-electron chi connectivity index (χ1n) is 7.69. The van der Waals surface area contributed by atoms with Crippen LogP contribution in [0.15, 0.2) is 54.9 Å². The lowest BCUT2D eigenvalue weighted by molar-refractivity contribution is -0.644. The number of benzene rings is 1. The van der Waals surface area contributed by atoms with Crippen molar-refractivity contribution in [2.45, 2.75) is 5.51 Å². The predicted octanol–water partition coefficient (Wildman–Crippen LogP) is 3.22. The summed E-state index contributed by atoms with van der Waals surface area (Å²) >= 11 is 0. The summed E-state index contributed by atoms with van der Waals surface area (Å²) in [4.78, 5) is 0. The Morgan fingerprint density at radius 2 is 1.70 bits per heavy atom. The van der Waals surface area contributed by atoms with Crippen molar-refractivity contribution in [1.82, 2.24) is 4.57 Å². The molecule has 0 N–H and O–H groups in total. The summed E-state index contributed by atoms with van der Waals surface area (Å²) in [6.45, 7) is 0. The minimum Gasteiger partial charge on any atom is -0.741 e. The molecule has 0 spiro atoms. The molecule has 0 aliphatic heterocycles. The second-order valence-corrected chi connectivity index (χ2v) is 7.05. The molecule has 9 heteroatoms. The fourth-order valence-electron chi connectivity index (χ4n) is 2.36. The molecule has 0 fully saturated rings. The number of pyridine rings is 1. The summed E-state index contributed by atoms with van der Waals surface area (Å²) in [5.41, 5.74) is -1.95. The highest BCUT2D eigenvalue weighted by atomic mass is 32.2. The maximum Gasteiger partial charge on any atom is 0.485 e. The van der Waals surface area contributed by atoms with Crippen LogP contribution in [0, 0.1) is 0 Å². The summed E-state index contributed by atoms with van der Waals surface area (Å²) in [5, 5.41) is 1.28. The van der Waals surface area contributed by atoms with E-state index in [-0.39, 0.29) is 0 Å². The fourth-order valence-corrected chi connectivity index (χ4v) is 2.36. The zero-order valence-corrected chi connectivity index (χ0v) is 15.3. The monoisotopic (exact) mass is 398 g/mol. The zero-order valence-electron chi connectivity index (χ0n) is 14.5. The molecule has 0 radical (unpaired) electrons. The molecule has 0 saturated carbocycles. The Balaban J connectivity index is 0.000000279. The van der Waals surface area contributed by atoms with Crippen LogP contribution in [0.2, 0.25) is 0 Å². The summed E-state index contributed by atoms with van der Waals surface area (Å²) in [6.07, 6.45) is 8.50. The third kappa shape index (κ3) is 5.18. The van der Waals surface area contributed by atoms with E-state index >= 15 is 0 Å². The van der Waals surface area contributed by atoms with Gasteiger partial charge in [-0.3, -0.25) is 0 Å². The van der Waals surface area contributed by atoms with Gasteiger partial charge in [-0.15, -0.1) is 0 Å². The first-order chi connectivity index (χ1) is 12.5. The molecular formula is C18H17F3N2O3S. The summed E-state index contributed by atoms with van der Waals surface area (Å²) in [5.74, 6) is 0. The van der Waals surface area contributed by atoms with Crippen molar-refractivity contribution in [2.24, 2.45) is 14.1 Å². The predicted molar refractivity (Wildman–Crippen MR) is 95.2 cm³/mol. The molecule has 1 aromatic carbocycles. The van der Waals surface area contributed by atoms with Gasteiger partial charge in [0.15, 0.2) is 16.3 Å². The molecule has 0 aliphatic carbocycles. The topological polar surface area (TPSA) is 66.0 Å². The lowest BCUT2D eigenvalue weighted by atomic mass is 10.1. The molecule has 144 valence electrons. The quantitative estimate of drug-likeness (QED) is 0.378. The summed E-state index contributed by atoms with van der Waals surface area (Å²) < 4.78 is 63.2. The maximum absolute atomic E-state index is 10.7. The lowest BCUT2D eigenvalue weighted by Crippen LogP contribution is -2.28. The van der Waals surface area contributed by atoms with Crippen LogP contribution in [0.5, 0.6) is 0 Å². The molecule has 0 unspecified atom stereocenters. The van der Waals surface area contributed by atoms with Gasteiger partial charge < -0.3 is 9.12 Å². The first kappa shape index (κ1) is 20.7. The molecule has 27 heavy (non-hydrogen) atoms. The average Bonchev–Trinajstić information content (AvgIpc) is 2.98. The maximum atomic E-state index is 10.7. The molecule has 3 rings (SSSR count). The van der Waals surface area contributed by atoms with E-state index < -0.39 is 15.6 Å². The number of hydrogen-bond donors (Lipinski definition) is 0. The van der Waals surface area contributed by atoms with Gasteiger partial charge in [0.2, 0.25) is 5.52 Å². The normalized spacial score (nSPS) is 12.2. The fraction of sp³-hybridized carbons (Fsp3) is 0.167. The van der Waals surface area contributed by atoms with E-state index in [0.29, 0.717) is 0 Å². The van der Waals surface area contributed by atoms with Crippen LogP contribution in [-0.4, -0.2) is 23.0 Å². The van der Waals surface area contributed by atoms with Crippen molar-refractivity contribution in [3.05, 3.63) is 66.1 Å². The van der Waals surface area contributed by atoms with Crippen molar-refractivity contribution in [3.63, 3.8) is 0 Å². The van der Waals surface area contributed by atoms with Crippen LogP contribution in [0.1, 0.15) is 11.3 Å². The number of hydrogen-bond acceptors (Lipinski definition) is 3. The number of aryl methyl sites for hydroxylation is 2. The molecule has 5 nitrogen and oxygen atoms in total. The molecular weight excluding hydrogens is 381 g/mol. The summed E-state index contributed by atoms with van der Waals surface area (Å²) in [7, 11) is -1.96. The standard InChI is InChI=1S/C17H17N2.CHF3O3S/c1-18-12-5-6-15(18)10-9-14-11-13-19(2)17-8-4-3-7-16(14)17;2-1(3,4)8(5,6)7/h3-13H,1-2H3;(H,5,6,7)/q+1;/p-1. The lowest BCUT2D eigenvalue weighted by Gasteiger charge is -2.08. The van der Waals surface area contributed by atoms with E-state index in [0.717, 1.165) is 0 Å². The van der Waals surface area contributed by atoms with Crippen LogP contribution in [0.3, 0.4) is 0 Å². The molecule has 3 aromatic rings. The van der Waals surface area contributed by atoms with Crippen molar-refractivity contribution < 1.29 is 30.7 Å². The highest BCUT2D eigenvalue weighted by Gasteiger charge is 2.36. The Morgan fingerprint density at radius 1 is 1.07 bits per heavy atom. The number of halogens is 3. The highest BCUT2D eigenvalue weighted by molar-refractivity contribution is 7.86. The SMILES string of the molecule is Cn1cccc1/C=C/c1cc[n+](C)c2ccccc12.O=S(=O)([O-])C(F)(F)F. The van der Waals surface area contributed by atoms with Gasteiger partial charge in [0.05, 0.1) is 5.39 Å². The van der Waals surface area contributed by atoms with E-state index in [9.17, 15) is 13.2 Å². The second kappa shape index (κ2) is 7.93. The van der Waals surface area contributed by atoms with E-state index in [2.05, 4.69) is 90.2 Å². The molecule has 0 bridgehead atoms. The Morgan fingerprint density at radius 3 is 2.26 bits per heavy atom. The first-order valence-corrected chi connectivity index (χ1v) is 9.10. The van der Waals surface area contributed by atoms with Crippen molar-refractivity contribution in [3.8, 4) is 0 Å². The van der Waals surface area contributed by atoms with E-state index in [1.54, 1.807) is 0 Å². The van der Waals surface area contributed by atoms with E-state index in [1.165, 1.54) is 22.2 Å². The van der Waals surface area contributed by atoms with Gasteiger partial charge in [0, 0.05) is 31.1 Å². The number of alkyl halides is 3. The number of rotatable bonds is 2. The smallest absolute Gasteiger partial charge is 0.485 e. The van der Waals surface area contributed by atoms with Crippen molar-refractivity contribution in [1.29, 1.82) is 0 Å². The Hall–Kier alpha value is -2.65. The third-order valence-corrected chi connectivity index (χ3v) is 4.34. The molecule has 0 aliphatic rings. The number of nitrogens with zero attached hydrogens (tertiary/aromatic N) is 2. The van der Waals surface area contributed by atoms with Crippen LogP contribution in [-0.2, 0) is 24.2 Å². The van der Waals surface area contributed by atoms with Gasteiger partial charge in [-0.1, -0.05) is 18.2 Å². The van der Waals surface area contributed by atoms with Crippen LogP contribution in [0.4, 0.5) is 13.2 Å².